The smallest absolute Gasteiger partial charge is 0.287 e. The number of fused-ring (bicyclic) bond motifs is 1. The number of aromatic nitrogens is 1. The van der Waals surface area contributed by atoms with E-state index in [1.165, 1.54) is 10.6 Å². The van der Waals surface area contributed by atoms with E-state index < -0.39 is 11.4 Å². The van der Waals surface area contributed by atoms with Gasteiger partial charge in [0.2, 0.25) is 0 Å². The fourth-order valence-electron chi connectivity index (χ4n) is 1.75. The van der Waals surface area contributed by atoms with E-state index in [0.717, 1.165) is 0 Å². The van der Waals surface area contributed by atoms with E-state index in [-0.39, 0.29) is 6.54 Å². The van der Waals surface area contributed by atoms with Crippen LogP contribution in [0.4, 0.5) is 4.39 Å². The maximum Gasteiger partial charge on any atom is 0.287 e. The van der Waals surface area contributed by atoms with Crippen LogP contribution in [0, 0.1) is 5.82 Å². The molecule has 17 heavy (non-hydrogen) atoms. The summed E-state index contributed by atoms with van der Waals surface area (Å²) in [6.07, 6.45) is 1.56. The van der Waals surface area contributed by atoms with Crippen LogP contribution < -0.4 is 10.3 Å². The summed E-state index contributed by atoms with van der Waals surface area (Å²) < 4.78 is 19.8. The Kier molecular flexibility index (Phi) is 2.95. The molecule has 0 bridgehead atoms. The molecule has 0 saturated heterocycles. The molecular weight excluding hydrogens is 221 g/mol. The van der Waals surface area contributed by atoms with Gasteiger partial charge in [-0.3, -0.25) is 4.79 Å². The quantitative estimate of drug-likeness (QED) is 0.762. The van der Waals surface area contributed by atoms with E-state index in [1.807, 2.05) is 0 Å². The predicted molar refractivity (Wildman–Crippen MR) is 64.9 cm³/mol. The van der Waals surface area contributed by atoms with Crippen LogP contribution in [0.3, 0.4) is 0 Å². The van der Waals surface area contributed by atoms with Crippen LogP contribution in [0.15, 0.2) is 41.7 Å². The summed E-state index contributed by atoms with van der Waals surface area (Å²) in [5.74, 6) is -0.133. The molecule has 0 aliphatic rings. The van der Waals surface area contributed by atoms with E-state index in [2.05, 4.69) is 6.58 Å². The van der Waals surface area contributed by atoms with E-state index in [1.54, 1.807) is 31.4 Å². The fraction of sp³-hybridized carbons (Fsp3) is 0.154. The number of ether oxygens (including phenoxy) is 1. The minimum atomic E-state index is -0.760. The molecule has 1 heterocycles. The summed E-state index contributed by atoms with van der Waals surface area (Å²) in [5, 5.41) is 0.657. The van der Waals surface area contributed by atoms with Crippen LogP contribution >= 0.6 is 0 Å². The number of pyridine rings is 1. The number of hydrogen-bond donors (Lipinski definition) is 0. The molecule has 88 valence electrons. The highest BCUT2D eigenvalue weighted by molar-refractivity contribution is 5.80. The van der Waals surface area contributed by atoms with Crippen LogP contribution in [0.5, 0.6) is 5.75 Å². The van der Waals surface area contributed by atoms with Crippen molar-refractivity contribution in [3.05, 3.63) is 53.1 Å². The lowest BCUT2D eigenvalue weighted by atomic mass is 10.2. The third kappa shape index (κ3) is 1.93. The van der Waals surface area contributed by atoms with E-state index in [4.69, 9.17) is 4.74 Å². The number of methoxy groups -OCH3 is 1. The Morgan fingerprint density at radius 2 is 2.24 bits per heavy atom. The van der Waals surface area contributed by atoms with Crippen molar-refractivity contribution in [2.45, 2.75) is 6.54 Å². The molecule has 0 atom stereocenters. The number of rotatable bonds is 3. The van der Waals surface area contributed by atoms with E-state index >= 15 is 0 Å². The molecule has 0 spiro atoms. The Balaban J connectivity index is 2.84. The van der Waals surface area contributed by atoms with Gasteiger partial charge in [-0.2, -0.15) is 0 Å². The zero-order valence-corrected chi connectivity index (χ0v) is 9.44. The van der Waals surface area contributed by atoms with Gasteiger partial charge in [-0.25, -0.2) is 4.39 Å². The molecule has 0 unspecified atom stereocenters. The highest BCUT2D eigenvalue weighted by atomic mass is 19.1. The van der Waals surface area contributed by atoms with Crippen LogP contribution in [-0.4, -0.2) is 11.7 Å². The Hall–Kier alpha value is -2.10. The molecule has 0 fully saturated rings. The Morgan fingerprint density at radius 1 is 1.47 bits per heavy atom. The van der Waals surface area contributed by atoms with Crippen molar-refractivity contribution < 1.29 is 9.13 Å². The topological polar surface area (TPSA) is 31.2 Å². The molecule has 2 aromatic rings. The van der Waals surface area contributed by atoms with Crippen molar-refractivity contribution in [3.8, 4) is 5.75 Å². The van der Waals surface area contributed by atoms with Gasteiger partial charge in [0, 0.05) is 18.0 Å². The highest BCUT2D eigenvalue weighted by Gasteiger charge is 2.08. The number of hydrogen-bond acceptors (Lipinski definition) is 2. The van der Waals surface area contributed by atoms with Gasteiger partial charge in [-0.1, -0.05) is 6.08 Å². The average Bonchev–Trinajstić information content (AvgIpc) is 2.34. The van der Waals surface area contributed by atoms with Crippen molar-refractivity contribution in [1.82, 2.24) is 4.57 Å². The first-order chi connectivity index (χ1) is 8.17. The van der Waals surface area contributed by atoms with E-state index in [9.17, 15) is 9.18 Å². The lowest BCUT2D eigenvalue weighted by Crippen LogP contribution is -2.22. The first kappa shape index (κ1) is 11.4. The first-order valence-electron chi connectivity index (χ1n) is 5.15. The van der Waals surface area contributed by atoms with Crippen molar-refractivity contribution >= 4 is 10.9 Å². The molecule has 0 aliphatic carbocycles. The van der Waals surface area contributed by atoms with Gasteiger partial charge in [0.05, 0.1) is 12.6 Å². The molecule has 0 radical (unpaired) electrons. The van der Waals surface area contributed by atoms with Crippen LogP contribution in [0.1, 0.15) is 0 Å². The second-order valence-corrected chi connectivity index (χ2v) is 3.62. The molecule has 0 saturated carbocycles. The zero-order valence-electron chi connectivity index (χ0n) is 9.44. The summed E-state index contributed by atoms with van der Waals surface area (Å²) in [7, 11) is 1.54. The lowest BCUT2D eigenvalue weighted by molar-refractivity contribution is 0.415. The maximum absolute atomic E-state index is 13.4. The minimum Gasteiger partial charge on any atom is -0.497 e. The Bertz CT molecular complexity index is 631. The molecule has 4 heteroatoms. The van der Waals surface area contributed by atoms with Crippen molar-refractivity contribution in [2.24, 2.45) is 0 Å². The van der Waals surface area contributed by atoms with Gasteiger partial charge in [0.1, 0.15) is 5.75 Å². The SMILES string of the molecule is C=CCn1c(=O)c(F)cc2ccc(OC)cc21. The van der Waals surface area contributed by atoms with Gasteiger partial charge >= 0.3 is 0 Å². The predicted octanol–water partition coefficient (Wildman–Crippen LogP) is 2.34. The molecule has 3 nitrogen and oxygen atoms in total. The first-order valence-corrected chi connectivity index (χ1v) is 5.15. The van der Waals surface area contributed by atoms with Crippen LogP contribution in [0.2, 0.25) is 0 Å². The fourth-order valence-corrected chi connectivity index (χ4v) is 1.75. The number of nitrogens with zero attached hydrogens (tertiary/aromatic N) is 1. The number of halogens is 1. The normalized spacial score (nSPS) is 10.5. The summed E-state index contributed by atoms with van der Waals surface area (Å²) in [6, 6.07) is 6.39. The van der Waals surface area contributed by atoms with Crippen molar-refractivity contribution in [3.63, 3.8) is 0 Å². The Morgan fingerprint density at radius 3 is 2.88 bits per heavy atom. The molecule has 0 aliphatic heterocycles. The van der Waals surface area contributed by atoms with Crippen LogP contribution in [0.25, 0.3) is 10.9 Å². The summed E-state index contributed by atoms with van der Waals surface area (Å²) >= 11 is 0. The third-order valence-electron chi connectivity index (χ3n) is 2.57. The van der Waals surface area contributed by atoms with Crippen molar-refractivity contribution in [1.29, 1.82) is 0 Å². The second kappa shape index (κ2) is 4.41. The molecule has 0 N–H and O–H groups in total. The molecule has 1 aromatic carbocycles. The summed E-state index contributed by atoms with van der Waals surface area (Å²) in [4.78, 5) is 11.7. The highest BCUT2D eigenvalue weighted by Crippen LogP contribution is 2.20. The van der Waals surface area contributed by atoms with Gasteiger partial charge in [-0.05, 0) is 18.2 Å². The molecule has 1 aromatic heterocycles. The summed E-state index contributed by atoms with van der Waals surface area (Å²) in [6.45, 7) is 3.83. The van der Waals surface area contributed by atoms with Gasteiger partial charge < -0.3 is 9.30 Å². The van der Waals surface area contributed by atoms with Gasteiger partial charge in [0.15, 0.2) is 5.82 Å². The average molecular weight is 233 g/mol. The Labute approximate surface area is 97.8 Å². The lowest BCUT2D eigenvalue weighted by Gasteiger charge is -2.09. The van der Waals surface area contributed by atoms with E-state index in [0.29, 0.717) is 16.7 Å². The second-order valence-electron chi connectivity index (χ2n) is 3.62. The molecule has 0 amide bonds. The minimum absolute atomic E-state index is 0.264. The van der Waals surface area contributed by atoms with Crippen LogP contribution in [-0.2, 0) is 6.54 Å². The van der Waals surface area contributed by atoms with Gasteiger partial charge in [-0.15, -0.1) is 6.58 Å². The monoisotopic (exact) mass is 233 g/mol. The molecule has 2 rings (SSSR count). The number of allylic oxidation sites excluding steroid dienone is 1. The summed E-state index contributed by atoms with van der Waals surface area (Å²) in [5.41, 5.74) is -0.0127. The zero-order chi connectivity index (χ0) is 12.4. The third-order valence-corrected chi connectivity index (χ3v) is 2.57. The van der Waals surface area contributed by atoms with Gasteiger partial charge in [0.25, 0.3) is 5.56 Å². The maximum atomic E-state index is 13.4. The molecular formula is C13H12FNO2. The largest absolute Gasteiger partial charge is 0.497 e. The van der Waals surface area contributed by atoms with Crippen molar-refractivity contribution in [2.75, 3.05) is 7.11 Å². The number of benzene rings is 1. The standard InChI is InChI=1S/C13H12FNO2/c1-3-6-15-12-8-10(17-2)5-4-9(12)7-11(14)13(15)16/h3-5,7-8H,1,6H2,2H3.